The summed E-state index contributed by atoms with van der Waals surface area (Å²) in [6.45, 7) is 5.39. The Hall–Kier alpha value is -1.84. The first-order valence-electron chi connectivity index (χ1n) is 12.0. The van der Waals surface area contributed by atoms with Gasteiger partial charge in [0.2, 0.25) is 5.91 Å². The van der Waals surface area contributed by atoms with Crippen LogP contribution >= 0.6 is 0 Å². The van der Waals surface area contributed by atoms with Gasteiger partial charge in [-0.2, -0.15) is 0 Å². The first-order valence-corrected chi connectivity index (χ1v) is 12.0. The van der Waals surface area contributed by atoms with Gasteiger partial charge in [0.05, 0.1) is 17.4 Å². The summed E-state index contributed by atoms with van der Waals surface area (Å²) in [4.78, 5) is 19.6. The van der Waals surface area contributed by atoms with E-state index >= 15 is 0 Å². The summed E-state index contributed by atoms with van der Waals surface area (Å²) in [6.07, 6.45) is 16.6. The molecule has 1 aromatic carbocycles. The zero-order valence-electron chi connectivity index (χ0n) is 18.5. The highest BCUT2D eigenvalue weighted by Crippen LogP contribution is 2.32. The molecule has 4 heteroatoms. The summed E-state index contributed by atoms with van der Waals surface area (Å²) in [7, 11) is 0. The second-order valence-electron chi connectivity index (χ2n) is 8.79. The molecule has 2 unspecified atom stereocenters. The van der Waals surface area contributed by atoms with Crippen molar-refractivity contribution in [3.63, 3.8) is 0 Å². The summed E-state index contributed by atoms with van der Waals surface area (Å²) >= 11 is 0. The highest BCUT2D eigenvalue weighted by molar-refractivity contribution is 5.79. The monoisotopic (exact) mass is 397 g/mol. The van der Waals surface area contributed by atoms with E-state index in [0.717, 1.165) is 36.8 Å². The number of benzene rings is 1. The van der Waals surface area contributed by atoms with Gasteiger partial charge in [-0.1, -0.05) is 77.3 Å². The number of hydrogen-bond acceptors (Lipinski definition) is 2. The van der Waals surface area contributed by atoms with E-state index in [1.165, 1.54) is 51.4 Å². The van der Waals surface area contributed by atoms with Crippen LogP contribution in [-0.4, -0.2) is 26.9 Å². The zero-order valence-corrected chi connectivity index (χ0v) is 18.5. The number of carbonyl (C=O) groups excluding carboxylic acids is 1. The number of carbonyl (C=O) groups is 1. The normalized spacial score (nSPS) is 18.1. The van der Waals surface area contributed by atoms with Crippen LogP contribution in [-0.2, 0) is 4.79 Å². The first-order chi connectivity index (χ1) is 14.2. The summed E-state index contributed by atoms with van der Waals surface area (Å²) in [6, 6.07) is 8.29. The first kappa shape index (κ1) is 21.9. The summed E-state index contributed by atoms with van der Waals surface area (Å²) < 4.78 is 2.25. The Labute approximate surface area is 176 Å². The molecule has 29 heavy (non-hydrogen) atoms. The van der Waals surface area contributed by atoms with Crippen LogP contribution in [0.3, 0.4) is 0 Å². The predicted octanol–water partition coefficient (Wildman–Crippen LogP) is 6.71. The fraction of sp³-hybridized carbons (Fsp3) is 0.680. The van der Waals surface area contributed by atoms with E-state index in [4.69, 9.17) is 0 Å². The lowest BCUT2D eigenvalue weighted by Crippen LogP contribution is -2.34. The van der Waals surface area contributed by atoms with E-state index in [9.17, 15) is 4.79 Å². The maximum Gasteiger partial charge on any atom is 0.224 e. The van der Waals surface area contributed by atoms with Crippen molar-refractivity contribution in [1.82, 2.24) is 14.5 Å². The molecule has 1 aliphatic heterocycles. The maximum absolute atomic E-state index is 12.9. The summed E-state index contributed by atoms with van der Waals surface area (Å²) in [5.41, 5.74) is 2.16. The van der Waals surface area contributed by atoms with Crippen molar-refractivity contribution in [3.8, 4) is 0 Å². The minimum absolute atomic E-state index is 0.108. The van der Waals surface area contributed by atoms with E-state index in [-0.39, 0.29) is 6.17 Å². The van der Waals surface area contributed by atoms with Gasteiger partial charge in [0.15, 0.2) is 0 Å². The van der Waals surface area contributed by atoms with Gasteiger partial charge in [-0.3, -0.25) is 4.79 Å². The third-order valence-electron chi connectivity index (χ3n) is 6.41. The highest BCUT2D eigenvalue weighted by Gasteiger charge is 2.34. The van der Waals surface area contributed by atoms with E-state index in [2.05, 4.69) is 46.5 Å². The third kappa shape index (κ3) is 5.83. The molecule has 2 heterocycles. The number of imidazole rings is 1. The Morgan fingerprint density at radius 3 is 2.48 bits per heavy atom. The number of rotatable bonds is 13. The second-order valence-corrected chi connectivity index (χ2v) is 8.79. The number of para-hydroxylation sites is 2. The lowest BCUT2D eigenvalue weighted by Gasteiger charge is -2.30. The molecule has 0 radical (unpaired) electrons. The van der Waals surface area contributed by atoms with Crippen molar-refractivity contribution in [3.05, 3.63) is 30.6 Å². The highest BCUT2D eigenvalue weighted by atomic mass is 16.2. The molecule has 1 fully saturated rings. The van der Waals surface area contributed by atoms with Crippen molar-refractivity contribution >= 4 is 16.9 Å². The van der Waals surface area contributed by atoms with Crippen molar-refractivity contribution in [2.24, 2.45) is 5.92 Å². The van der Waals surface area contributed by atoms with Crippen LogP contribution in [0.1, 0.15) is 97.1 Å². The van der Waals surface area contributed by atoms with Crippen molar-refractivity contribution < 1.29 is 4.79 Å². The number of unbranched alkanes of at least 4 members (excludes halogenated alkanes) is 7. The summed E-state index contributed by atoms with van der Waals surface area (Å²) in [5.74, 6) is 0.842. The van der Waals surface area contributed by atoms with Gasteiger partial charge in [-0.25, -0.2) is 4.98 Å². The predicted molar refractivity (Wildman–Crippen MR) is 121 cm³/mol. The van der Waals surface area contributed by atoms with E-state index < -0.39 is 0 Å². The molecule has 0 bridgehead atoms. The molecule has 1 aliphatic rings. The summed E-state index contributed by atoms with van der Waals surface area (Å²) in [5, 5.41) is 0. The zero-order chi connectivity index (χ0) is 20.5. The molecule has 0 aliphatic carbocycles. The van der Waals surface area contributed by atoms with E-state index in [0.29, 0.717) is 18.2 Å². The molecule has 0 spiro atoms. The van der Waals surface area contributed by atoms with Crippen LogP contribution in [0.25, 0.3) is 11.0 Å². The van der Waals surface area contributed by atoms with Crippen molar-refractivity contribution in [1.29, 1.82) is 0 Å². The number of likely N-dealkylation sites (tertiary alicyclic amines) is 1. The average Bonchev–Trinajstić information content (AvgIpc) is 3.31. The molecule has 1 amide bonds. The maximum atomic E-state index is 12.9. The Morgan fingerprint density at radius 1 is 1.00 bits per heavy atom. The molecule has 1 saturated heterocycles. The van der Waals surface area contributed by atoms with Gasteiger partial charge in [0.25, 0.3) is 0 Å². The largest absolute Gasteiger partial charge is 0.322 e. The standard InChI is InChI=1S/C25H39N3O/c1-3-5-6-7-8-9-10-11-17-24(27-19-21(14-4-2)18-25(27)29)28-20-26-22-15-12-13-16-23(22)28/h12-13,15-16,20-21,24H,3-11,14,17-19H2,1-2H3. The SMILES string of the molecule is CCCCCCCCCCC(N1CC(CCC)CC1=O)n1cnc2ccccc21. The van der Waals surface area contributed by atoms with Gasteiger partial charge in [-0.05, 0) is 37.3 Å². The van der Waals surface area contributed by atoms with E-state index in [1.54, 1.807) is 0 Å². The molecule has 0 N–H and O–H groups in total. The van der Waals surface area contributed by atoms with Crippen LogP contribution in [0.15, 0.2) is 30.6 Å². The molecular weight excluding hydrogens is 358 g/mol. The topological polar surface area (TPSA) is 38.1 Å². The minimum Gasteiger partial charge on any atom is -0.322 e. The molecule has 1 aromatic heterocycles. The van der Waals surface area contributed by atoms with Crippen LogP contribution in [0.5, 0.6) is 0 Å². The van der Waals surface area contributed by atoms with Gasteiger partial charge >= 0.3 is 0 Å². The van der Waals surface area contributed by atoms with Crippen molar-refractivity contribution in [2.75, 3.05) is 6.54 Å². The fourth-order valence-electron chi connectivity index (χ4n) is 4.82. The molecule has 3 rings (SSSR count). The number of hydrogen-bond donors (Lipinski definition) is 0. The number of fused-ring (bicyclic) bond motifs is 1. The van der Waals surface area contributed by atoms with Gasteiger partial charge in [0, 0.05) is 13.0 Å². The van der Waals surface area contributed by atoms with Gasteiger partial charge in [-0.15, -0.1) is 0 Å². The van der Waals surface area contributed by atoms with Crippen molar-refractivity contribution in [2.45, 2.75) is 97.1 Å². The molecule has 4 nitrogen and oxygen atoms in total. The quantitative estimate of drug-likeness (QED) is 0.352. The molecule has 160 valence electrons. The smallest absolute Gasteiger partial charge is 0.224 e. The molecule has 2 aromatic rings. The average molecular weight is 398 g/mol. The Morgan fingerprint density at radius 2 is 1.72 bits per heavy atom. The van der Waals surface area contributed by atoms with Crippen LogP contribution in [0, 0.1) is 5.92 Å². The molecular formula is C25H39N3O. The second kappa shape index (κ2) is 11.4. The third-order valence-corrected chi connectivity index (χ3v) is 6.41. The number of amides is 1. The number of nitrogens with zero attached hydrogens (tertiary/aromatic N) is 3. The lowest BCUT2D eigenvalue weighted by atomic mass is 10.0. The van der Waals surface area contributed by atoms with Gasteiger partial charge < -0.3 is 9.47 Å². The Kier molecular flexibility index (Phi) is 8.57. The number of aromatic nitrogens is 2. The Balaban J connectivity index is 1.64. The fourth-order valence-corrected chi connectivity index (χ4v) is 4.82. The Bertz CT molecular complexity index is 753. The lowest BCUT2D eigenvalue weighted by molar-refractivity contribution is -0.131. The van der Waals surface area contributed by atoms with Gasteiger partial charge in [0.1, 0.15) is 6.17 Å². The van der Waals surface area contributed by atoms with E-state index in [1.807, 2.05) is 12.4 Å². The van der Waals surface area contributed by atoms with Crippen LogP contribution in [0.2, 0.25) is 0 Å². The molecule has 0 saturated carbocycles. The van der Waals surface area contributed by atoms with Crippen LogP contribution in [0.4, 0.5) is 0 Å². The minimum atomic E-state index is 0.108. The van der Waals surface area contributed by atoms with Crippen LogP contribution < -0.4 is 0 Å². The molecule has 2 atom stereocenters.